The molecule has 0 bridgehead atoms. The highest BCUT2D eigenvalue weighted by molar-refractivity contribution is 5.87. The van der Waals surface area contributed by atoms with Crippen LogP contribution in [0.3, 0.4) is 0 Å². The number of rotatable bonds is 3. The van der Waals surface area contributed by atoms with E-state index >= 15 is 0 Å². The number of benzene rings is 1. The van der Waals surface area contributed by atoms with E-state index < -0.39 is 0 Å². The summed E-state index contributed by atoms with van der Waals surface area (Å²) in [5, 5.41) is 0. The van der Waals surface area contributed by atoms with Gasteiger partial charge in [-0.25, -0.2) is 4.79 Å². The Morgan fingerprint density at radius 1 is 1.25 bits per heavy atom. The van der Waals surface area contributed by atoms with Crippen molar-refractivity contribution in [2.45, 2.75) is 39.7 Å². The minimum atomic E-state index is -0.219. The van der Waals surface area contributed by atoms with Crippen LogP contribution in [0, 0.1) is 16.7 Å². The van der Waals surface area contributed by atoms with Crippen LogP contribution in [0.4, 0.5) is 0 Å². The fourth-order valence-corrected chi connectivity index (χ4v) is 3.86. The third kappa shape index (κ3) is 1.98. The molecule has 4 atom stereocenters. The van der Waals surface area contributed by atoms with Gasteiger partial charge >= 0.3 is 5.97 Å². The Hall–Kier alpha value is -1.57. The van der Waals surface area contributed by atoms with Crippen LogP contribution in [-0.4, -0.2) is 12.1 Å². The number of hydrogen-bond donors (Lipinski definition) is 0. The lowest BCUT2D eigenvalue weighted by Gasteiger charge is -2.19. The van der Waals surface area contributed by atoms with Crippen LogP contribution in [-0.2, 0) is 9.53 Å². The summed E-state index contributed by atoms with van der Waals surface area (Å²) in [7, 11) is 0. The molecular formula is C18H22O2. The molecule has 2 heteroatoms. The zero-order valence-electron chi connectivity index (χ0n) is 12.4. The maximum atomic E-state index is 12.0. The first-order valence-electron chi connectivity index (χ1n) is 7.39. The minimum absolute atomic E-state index is 0.0791. The van der Waals surface area contributed by atoms with Crippen LogP contribution in [0.2, 0.25) is 0 Å². The van der Waals surface area contributed by atoms with Crippen LogP contribution in [0.5, 0.6) is 0 Å². The Labute approximate surface area is 120 Å². The van der Waals surface area contributed by atoms with E-state index in [9.17, 15) is 4.79 Å². The van der Waals surface area contributed by atoms with Crippen molar-refractivity contribution >= 4 is 12.0 Å². The number of carbonyl (C=O) groups is 1. The molecule has 20 heavy (non-hydrogen) atoms. The minimum Gasteiger partial charge on any atom is -0.459 e. The first kappa shape index (κ1) is 13.4. The van der Waals surface area contributed by atoms with E-state index in [-0.39, 0.29) is 17.5 Å². The third-order valence-electron chi connectivity index (χ3n) is 5.75. The Morgan fingerprint density at radius 3 is 2.50 bits per heavy atom. The van der Waals surface area contributed by atoms with E-state index in [1.807, 2.05) is 36.4 Å². The van der Waals surface area contributed by atoms with Gasteiger partial charge in [-0.2, -0.15) is 0 Å². The molecule has 1 aromatic carbocycles. The Kier molecular flexibility index (Phi) is 3.00. The van der Waals surface area contributed by atoms with Crippen molar-refractivity contribution in [3.05, 3.63) is 42.0 Å². The normalized spacial score (nSPS) is 38.8. The van der Waals surface area contributed by atoms with Gasteiger partial charge in [0.1, 0.15) is 6.10 Å². The van der Waals surface area contributed by atoms with Gasteiger partial charge in [0.25, 0.3) is 0 Å². The molecule has 4 unspecified atom stereocenters. The molecule has 106 valence electrons. The monoisotopic (exact) mass is 270 g/mol. The van der Waals surface area contributed by atoms with Crippen molar-refractivity contribution in [3.63, 3.8) is 0 Å². The number of hydrogen-bond acceptors (Lipinski definition) is 2. The molecule has 0 heterocycles. The van der Waals surface area contributed by atoms with Crippen molar-refractivity contribution in [2.24, 2.45) is 16.7 Å². The highest BCUT2D eigenvalue weighted by Crippen LogP contribution is 2.75. The maximum absolute atomic E-state index is 12.0. The van der Waals surface area contributed by atoms with Crippen LogP contribution in [0.15, 0.2) is 36.4 Å². The fraction of sp³-hybridized carbons (Fsp3) is 0.500. The quantitative estimate of drug-likeness (QED) is 0.611. The SMILES string of the molecule is CC1CC(OC(=O)/C=C/c2ccccc2)C2(C)CC12C. The highest BCUT2D eigenvalue weighted by atomic mass is 16.5. The van der Waals surface area contributed by atoms with E-state index in [4.69, 9.17) is 4.74 Å². The van der Waals surface area contributed by atoms with Gasteiger partial charge in [-0.3, -0.25) is 0 Å². The average molecular weight is 270 g/mol. The second-order valence-corrected chi connectivity index (χ2v) is 6.82. The summed E-state index contributed by atoms with van der Waals surface area (Å²) in [6.07, 6.45) is 5.62. The van der Waals surface area contributed by atoms with E-state index in [1.165, 1.54) is 6.42 Å². The molecule has 0 radical (unpaired) electrons. The molecule has 0 aromatic heterocycles. The van der Waals surface area contributed by atoms with Crippen LogP contribution >= 0.6 is 0 Å². The molecule has 2 aliphatic carbocycles. The standard InChI is InChI=1S/C18H22O2/c1-13-11-15(18(3)12-17(13,18)2)20-16(19)10-9-14-7-5-4-6-8-14/h4-10,13,15H,11-12H2,1-3H3/b10-9+. The van der Waals surface area contributed by atoms with Crippen molar-refractivity contribution in [2.75, 3.05) is 0 Å². The predicted octanol–water partition coefficient (Wildman–Crippen LogP) is 4.07. The second-order valence-electron chi connectivity index (χ2n) is 6.82. The van der Waals surface area contributed by atoms with E-state index in [0.717, 1.165) is 12.0 Å². The molecule has 3 rings (SSSR count). The summed E-state index contributed by atoms with van der Waals surface area (Å²) in [4.78, 5) is 12.0. The summed E-state index contributed by atoms with van der Waals surface area (Å²) in [6.45, 7) is 6.86. The lowest BCUT2D eigenvalue weighted by molar-refractivity contribution is -0.145. The first-order chi connectivity index (χ1) is 9.46. The second kappa shape index (κ2) is 4.47. The zero-order valence-corrected chi connectivity index (χ0v) is 12.4. The topological polar surface area (TPSA) is 26.3 Å². The molecule has 0 saturated heterocycles. The smallest absolute Gasteiger partial charge is 0.331 e. The summed E-state index contributed by atoms with van der Waals surface area (Å²) >= 11 is 0. The summed E-state index contributed by atoms with van der Waals surface area (Å²) < 4.78 is 5.70. The van der Waals surface area contributed by atoms with E-state index in [0.29, 0.717) is 11.3 Å². The van der Waals surface area contributed by atoms with Gasteiger partial charge in [-0.05, 0) is 35.8 Å². The largest absolute Gasteiger partial charge is 0.459 e. The molecule has 0 aliphatic heterocycles. The van der Waals surface area contributed by atoms with Gasteiger partial charge in [0, 0.05) is 11.5 Å². The molecule has 2 fully saturated rings. The number of fused-ring (bicyclic) bond motifs is 1. The van der Waals surface area contributed by atoms with Crippen molar-refractivity contribution in [1.82, 2.24) is 0 Å². The van der Waals surface area contributed by atoms with Crippen molar-refractivity contribution in [1.29, 1.82) is 0 Å². The Balaban J connectivity index is 1.62. The van der Waals surface area contributed by atoms with Crippen LogP contribution < -0.4 is 0 Å². The van der Waals surface area contributed by atoms with Crippen LogP contribution in [0.1, 0.15) is 39.2 Å². The molecule has 2 nitrogen and oxygen atoms in total. The third-order valence-corrected chi connectivity index (χ3v) is 5.75. The summed E-state index contributed by atoms with van der Waals surface area (Å²) in [5.41, 5.74) is 1.59. The number of ether oxygens (including phenoxy) is 1. The van der Waals surface area contributed by atoms with Gasteiger partial charge in [-0.1, -0.05) is 51.1 Å². The molecule has 0 spiro atoms. The highest BCUT2D eigenvalue weighted by Gasteiger charge is 2.72. The van der Waals surface area contributed by atoms with E-state index in [2.05, 4.69) is 20.8 Å². The Bertz CT molecular complexity index is 548. The molecule has 2 saturated carbocycles. The maximum Gasteiger partial charge on any atom is 0.331 e. The first-order valence-corrected chi connectivity index (χ1v) is 7.39. The van der Waals surface area contributed by atoms with Crippen molar-refractivity contribution < 1.29 is 9.53 Å². The van der Waals surface area contributed by atoms with Crippen LogP contribution in [0.25, 0.3) is 6.08 Å². The molecule has 0 amide bonds. The van der Waals surface area contributed by atoms with Gasteiger partial charge in [0.15, 0.2) is 0 Å². The lowest BCUT2D eigenvalue weighted by Crippen LogP contribution is -2.23. The van der Waals surface area contributed by atoms with Gasteiger partial charge < -0.3 is 4.74 Å². The van der Waals surface area contributed by atoms with Gasteiger partial charge in [-0.15, -0.1) is 0 Å². The fourth-order valence-electron chi connectivity index (χ4n) is 3.86. The number of esters is 1. The number of carbonyl (C=O) groups excluding carboxylic acids is 1. The molecular weight excluding hydrogens is 248 g/mol. The zero-order chi connectivity index (χ0) is 14.4. The predicted molar refractivity (Wildman–Crippen MR) is 80.0 cm³/mol. The average Bonchev–Trinajstić information content (AvgIpc) is 2.96. The summed E-state index contributed by atoms with van der Waals surface area (Å²) in [5.74, 6) is 0.423. The Morgan fingerprint density at radius 2 is 1.95 bits per heavy atom. The summed E-state index contributed by atoms with van der Waals surface area (Å²) in [6, 6.07) is 9.83. The lowest BCUT2D eigenvalue weighted by atomic mass is 9.92. The molecule has 1 aromatic rings. The molecule has 0 N–H and O–H groups in total. The van der Waals surface area contributed by atoms with Crippen molar-refractivity contribution in [3.8, 4) is 0 Å². The van der Waals surface area contributed by atoms with Gasteiger partial charge in [0.05, 0.1) is 0 Å². The molecule has 2 aliphatic rings. The van der Waals surface area contributed by atoms with E-state index in [1.54, 1.807) is 6.08 Å². The van der Waals surface area contributed by atoms with Gasteiger partial charge in [0.2, 0.25) is 0 Å².